The molecule has 1 unspecified atom stereocenters. The van der Waals surface area contributed by atoms with E-state index in [9.17, 15) is 30.3 Å². The first kappa shape index (κ1) is 13.9. The minimum atomic E-state index is -5.33. The molecular formula is C7H5BF6NOS-. The molecule has 0 saturated carbocycles. The van der Waals surface area contributed by atoms with Crippen LogP contribution in [-0.4, -0.2) is 16.7 Å². The molecule has 17 heavy (non-hydrogen) atoms. The number of rotatable bonds is 2. The van der Waals surface area contributed by atoms with Gasteiger partial charge in [-0.3, -0.25) is 0 Å². The molecule has 1 aromatic rings. The number of nitrogens with one attached hydrogen (secondary N) is 1. The summed E-state index contributed by atoms with van der Waals surface area (Å²) in [6.07, 6.45) is 0. The number of halogens is 6. The van der Waals surface area contributed by atoms with Crippen molar-refractivity contribution in [3.63, 3.8) is 0 Å². The highest BCUT2D eigenvalue weighted by molar-refractivity contribution is 7.93. The van der Waals surface area contributed by atoms with E-state index in [1.807, 2.05) is 0 Å². The van der Waals surface area contributed by atoms with Crippen molar-refractivity contribution in [1.82, 2.24) is 0 Å². The molecule has 0 spiro atoms. The summed E-state index contributed by atoms with van der Waals surface area (Å²) >= 11 is 0. The third kappa shape index (κ3) is 2.74. The first-order valence-electron chi connectivity index (χ1n) is 4.11. The molecule has 0 amide bonds. The van der Waals surface area contributed by atoms with Gasteiger partial charge in [0.15, 0.2) is 9.73 Å². The third-order valence-electron chi connectivity index (χ3n) is 1.92. The average molecular weight is 276 g/mol. The van der Waals surface area contributed by atoms with E-state index in [1.165, 1.54) is 0 Å². The highest BCUT2D eigenvalue weighted by Gasteiger charge is 2.43. The molecular weight excluding hydrogens is 271 g/mol. The summed E-state index contributed by atoms with van der Waals surface area (Å²) in [5.41, 5.74) is -6.41. The van der Waals surface area contributed by atoms with Gasteiger partial charge in [0.25, 0.3) is 0 Å². The van der Waals surface area contributed by atoms with Gasteiger partial charge in [0, 0.05) is 0 Å². The molecule has 1 aromatic carbocycles. The highest BCUT2D eigenvalue weighted by atomic mass is 32.2. The third-order valence-corrected chi connectivity index (χ3v) is 3.50. The molecule has 0 fully saturated rings. The molecule has 0 bridgehead atoms. The summed E-state index contributed by atoms with van der Waals surface area (Å²) in [6.45, 7) is -5.33. The molecule has 1 atom stereocenters. The Morgan fingerprint density at radius 1 is 1.06 bits per heavy atom. The Morgan fingerprint density at radius 3 is 1.76 bits per heavy atom. The van der Waals surface area contributed by atoms with Gasteiger partial charge in [-0.15, -0.1) is 5.46 Å². The maximum atomic E-state index is 12.2. The fourth-order valence-corrected chi connectivity index (χ4v) is 1.80. The van der Waals surface area contributed by atoms with Crippen molar-refractivity contribution in [1.29, 1.82) is 4.78 Å². The molecule has 1 N–H and O–H groups in total. The Balaban J connectivity index is 3.22. The van der Waals surface area contributed by atoms with Gasteiger partial charge in [0.1, 0.15) is 0 Å². The zero-order chi connectivity index (χ0) is 13.5. The van der Waals surface area contributed by atoms with E-state index in [4.69, 9.17) is 4.78 Å². The Morgan fingerprint density at radius 2 is 1.47 bits per heavy atom. The van der Waals surface area contributed by atoms with Crippen molar-refractivity contribution >= 4 is 22.2 Å². The molecule has 96 valence electrons. The summed E-state index contributed by atoms with van der Waals surface area (Å²) in [4.78, 5) is -0.992. The second-order valence-electron chi connectivity index (χ2n) is 3.15. The van der Waals surface area contributed by atoms with E-state index in [0.29, 0.717) is 24.3 Å². The van der Waals surface area contributed by atoms with Crippen LogP contribution in [-0.2, 0) is 9.73 Å². The molecule has 0 heterocycles. The summed E-state index contributed by atoms with van der Waals surface area (Å²) in [5, 5.41) is 0. The van der Waals surface area contributed by atoms with Crippen LogP contribution in [0.25, 0.3) is 0 Å². The minimum Gasteiger partial charge on any atom is -0.445 e. The molecule has 0 aliphatic carbocycles. The monoisotopic (exact) mass is 276 g/mol. The summed E-state index contributed by atoms with van der Waals surface area (Å²) in [5.74, 6) is 0. The van der Waals surface area contributed by atoms with Crippen LogP contribution in [0.3, 0.4) is 0 Å². The zero-order valence-corrected chi connectivity index (χ0v) is 8.79. The molecule has 0 aliphatic heterocycles. The van der Waals surface area contributed by atoms with Gasteiger partial charge in [-0.05, 0) is 12.1 Å². The predicted octanol–water partition coefficient (Wildman–Crippen LogP) is 2.67. The van der Waals surface area contributed by atoms with Gasteiger partial charge in [-0.2, -0.15) is 13.2 Å². The molecule has 2 nitrogen and oxygen atoms in total. The summed E-state index contributed by atoms with van der Waals surface area (Å²) in [6, 6.07) is 1.59. The number of alkyl halides is 3. The minimum absolute atomic E-state index is 0.384. The van der Waals surface area contributed by atoms with Crippen LogP contribution >= 0.6 is 0 Å². The highest BCUT2D eigenvalue weighted by Crippen LogP contribution is 2.30. The van der Waals surface area contributed by atoms with Gasteiger partial charge in [0.2, 0.25) is 0 Å². The van der Waals surface area contributed by atoms with Gasteiger partial charge in [0.05, 0.1) is 4.90 Å². The van der Waals surface area contributed by atoms with Crippen LogP contribution < -0.4 is 5.46 Å². The topological polar surface area (TPSA) is 40.9 Å². The van der Waals surface area contributed by atoms with Gasteiger partial charge in [-0.1, -0.05) is 12.1 Å². The predicted molar refractivity (Wildman–Crippen MR) is 50.3 cm³/mol. The standard InChI is InChI=1S/C7H5BF6NOS/c9-7(10,11)17(15,16)6-3-1-5(2-4-6)8(12,13)14/h1-4,15H/q-1. The lowest BCUT2D eigenvalue weighted by molar-refractivity contribution is -0.0406. The van der Waals surface area contributed by atoms with Crippen molar-refractivity contribution in [3.05, 3.63) is 24.3 Å². The Labute approximate surface area is 92.7 Å². The van der Waals surface area contributed by atoms with Crippen LogP contribution in [0.4, 0.5) is 26.1 Å². The van der Waals surface area contributed by atoms with Crippen molar-refractivity contribution < 1.29 is 30.3 Å². The second-order valence-corrected chi connectivity index (χ2v) is 5.19. The normalized spacial score (nSPS) is 16.6. The van der Waals surface area contributed by atoms with Crippen molar-refractivity contribution in [2.75, 3.05) is 0 Å². The molecule has 1 rings (SSSR count). The van der Waals surface area contributed by atoms with E-state index in [-0.39, 0.29) is 0 Å². The molecule has 0 radical (unpaired) electrons. The van der Waals surface area contributed by atoms with E-state index in [1.54, 1.807) is 0 Å². The Hall–Kier alpha value is -1.19. The Bertz CT molecular complexity index is 503. The maximum absolute atomic E-state index is 12.2. The lowest BCUT2D eigenvalue weighted by atomic mass is 9.80. The first-order valence-corrected chi connectivity index (χ1v) is 5.67. The number of benzene rings is 1. The maximum Gasteiger partial charge on any atom is 0.509 e. The van der Waals surface area contributed by atoms with E-state index < -0.39 is 32.6 Å². The summed E-state index contributed by atoms with van der Waals surface area (Å²) in [7, 11) is -5.10. The lowest BCUT2D eigenvalue weighted by Crippen LogP contribution is -2.34. The van der Waals surface area contributed by atoms with Gasteiger partial charge < -0.3 is 12.9 Å². The molecule has 10 heteroatoms. The van der Waals surface area contributed by atoms with Crippen LogP contribution in [0.15, 0.2) is 29.2 Å². The smallest absolute Gasteiger partial charge is 0.445 e. The SMILES string of the molecule is N=S(=O)(c1ccc([B-](F)(F)F)cc1)C(F)(F)F. The fourth-order valence-electron chi connectivity index (χ4n) is 1.01. The number of hydrogen-bond donors (Lipinski definition) is 1. The van der Waals surface area contributed by atoms with Crippen LogP contribution in [0.1, 0.15) is 0 Å². The van der Waals surface area contributed by atoms with Crippen molar-refractivity contribution in [3.8, 4) is 0 Å². The quantitative estimate of drug-likeness (QED) is 0.654. The first-order chi connectivity index (χ1) is 7.46. The fraction of sp³-hybridized carbons (Fsp3) is 0.143. The largest absolute Gasteiger partial charge is 0.509 e. The summed E-state index contributed by atoms with van der Waals surface area (Å²) < 4.78 is 90.7. The average Bonchev–Trinajstić information content (AvgIpc) is 2.15. The molecule has 0 saturated heterocycles. The van der Waals surface area contributed by atoms with E-state index >= 15 is 0 Å². The van der Waals surface area contributed by atoms with E-state index in [2.05, 4.69) is 0 Å². The lowest BCUT2D eigenvalue weighted by Gasteiger charge is -2.16. The van der Waals surface area contributed by atoms with Crippen LogP contribution in [0, 0.1) is 4.78 Å². The molecule has 0 aliphatic rings. The van der Waals surface area contributed by atoms with Crippen LogP contribution in [0.5, 0.6) is 0 Å². The Kier molecular flexibility index (Phi) is 3.21. The van der Waals surface area contributed by atoms with Crippen LogP contribution in [0.2, 0.25) is 0 Å². The second kappa shape index (κ2) is 3.93. The van der Waals surface area contributed by atoms with Crippen molar-refractivity contribution in [2.24, 2.45) is 0 Å². The van der Waals surface area contributed by atoms with Gasteiger partial charge in [-0.25, -0.2) is 8.99 Å². The molecule has 0 aromatic heterocycles. The van der Waals surface area contributed by atoms with E-state index in [0.717, 1.165) is 0 Å². The van der Waals surface area contributed by atoms with Crippen molar-refractivity contribution in [2.45, 2.75) is 10.4 Å². The van der Waals surface area contributed by atoms with Gasteiger partial charge >= 0.3 is 12.5 Å². The zero-order valence-electron chi connectivity index (χ0n) is 7.97. The number of hydrogen-bond acceptors (Lipinski definition) is 2.